The van der Waals surface area contributed by atoms with Crippen LogP contribution in [0.3, 0.4) is 0 Å². The van der Waals surface area contributed by atoms with Crippen LogP contribution in [-0.4, -0.2) is 85.3 Å². The van der Waals surface area contributed by atoms with Crippen LogP contribution >= 0.6 is 0 Å². The van der Waals surface area contributed by atoms with Crippen molar-refractivity contribution in [3.05, 3.63) is 67.4 Å². The number of aromatic nitrogens is 4. The molecule has 1 aliphatic heterocycles. The fourth-order valence-electron chi connectivity index (χ4n) is 6.17. The number of carboxylic acid groups (broad SMARTS) is 2. The van der Waals surface area contributed by atoms with Crippen LogP contribution in [0.5, 0.6) is 5.75 Å². The quantitative estimate of drug-likeness (QED) is 0.140. The van der Waals surface area contributed by atoms with Gasteiger partial charge in [-0.2, -0.15) is 31.4 Å². The van der Waals surface area contributed by atoms with Gasteiger partial charge < -0.3 is 35.3 Å². The first-order valence-corrected chi connectivity index (χ1v) is 16.3. The Kier molecular flexibility index (Phi) is 13.3. The molecule has 2 fully saturated rings. The van der Waals surface area contributed by atoms with Crippen LogP contribution in [0.4, 0.5) is 51.2 Å². The van der Waals surface area contributed by atoms with Gasteiger partial charge >= 0.3 is 30.7 Å². The zero-order valence-corrected chi connectivity index (χ0v) is 28.4. The van der Waals surface area contributed by atoms with Crippen molar-refractivity contribution in [3.8, 4) is 22.8 Å². The van der Waals surface area contributed by atoms with E-state index >= 15 is 0 Å². The number of ether oxygens (including phenoxy) is 1. The molecule has 6 rings (SSSR count). The maximum absolute atomic E-state index is 12.5. The zero-order valence-electron chi connectivity index (χ0n) is 28.4. The van der Waals surface area contributed by atoms with Gasteiger partial charge in [0.15, 0.2) is 5.76 Å². The Bertz CT molecular complexity index is 1810. The van der Waals surface area contributed by atoms with E-state index < -0.39 is 36.2 Å². The Morgan fingerprint density at radius 3 is 2.02 bits per heavy atom. The molecule has 3 heterocycles. The van der Waals surface area contributed by atoms with Crippen molar-refractivity contribution >= 4 is 23.6 Å². The predicted molar refractivity (Wildman–Crippen MR) is 175 cm³/mol. The number of hydrogen-bond acceptors (Lipinski definition) is 10. The largest absolute Gasteiger partial charge is 0.573 e. The number of alkyl halides is 9. The van der Waals surface area contributed by atoms with Crippen molar-refractivity contribution in [2.24, 2.45) is 11.7 Å². The number of nitrogens with zero attached hydrogens (tertiary/aromatic N) is 5. The molecule has 1 aliphatic carbocycles. The first-order valence-electron chi connectivity index (χ1n) is 16.3. The molecule has 5 N–H and O–H groups in total. The molecule has 22 heteroatoms. The predicted octanol–water partition coefficient (Wildman–Crippen LogP) is 7.06. The summed E-state index contributed by atoms with van der Waals surface area (Å²) in [6.45, 7) is 1.84. The zero-order chi connectivity index (χ0) is 40.6. The van der Waals surface area contributed by atoms with E-state index in [1.807, 2.05) is 12.1 Å². The van der Waals surface area contributed by atoms with Crippen LogP contribution in [-0.2, 0) is 9.59 Å². The van der Waals surface area contributed by atoms with E-state index in [4.69, 9.17) is 30.0 Å². The van der Waals surface area contributed by atoms with Gasteiger partial charge in [-0.25, -0.2) is 24.2 Å². The van der Waals surface area contributed by atoms with Crippen LogP contribution in [0.15, 0.2) is 71.8 Å². The highest BCUT2D eigenvalue weighted by molar-refractivity contribution is 5.73. The molecule has 2 aromatic heterocycles. The number of nitrogens with one attached hydrogen (secondary N) is 1. The van der Waals surface area contributed by atoms with E-state index in [-0.39, 0.29) is 17.7 Å². The third-order valence-corrected chi connectivity index (χ3v) is 8.74. The standard InChI is InChI=1S/C29H32F3N7O2.2C2HF3O2/c30-29(31,32)41-24-12-6-20(7-13-24)25-16-35-27(40-25)37-26-5-1-2-14-28(26,33)21-4-3-15-38(17-21)22-8-10-23(11-9-22)39-19-34-18-36-39;2*3-2(4,5)1(6)7/h6-13,16,18-19,21,26H,1-5,14-15,17,33H2,(H,35,37);2*(H,6,7)/t21-,26?,28?;;/m0../s1. The van der Waals surface area contributed by atoms with E-state index in [9.17, 15) is 39.5 Å². The number of carboxylic acids is 2. The van der Waals surface area contributed by atoms with Gasteiger partial charge in [0.2, 0.25) is 0 Å². The molecule has 0 amide bonds. The first-order chi connectivity index (χ1) is 25.7. The molecule has 2 aromatic carbocycles. The number of rotatable bonds is 7. The molecule has 3 atom stereocenters. The lowest BCUT2D eigenvalue weighted by Gasteiger charge is -2.50. The number of aliphatic carboxylic acids is 2. The van der Waals surface area contributed by atoms with Gasteiger partial charge in [-0.05, 0) is 80.1 Å². The molecule has 300 valence electrons. The second-order valence-corrected chi connectivity index (χ2v) is 12.4. The van der Waals surface area contributed by atoms with Crippen LogP contribution in [0.25, 0.3) is 17.0 Å². The minimum Gasteiger partial charge on any atom is -0.475 e. The topological polar surface area (TPSA) is 182 Å². The van der Waals surface area contributed by atoms with Gasteiger partial charge in [0.25, 0.3) is 6.01 Å². The number of hydrogen-bond donors (Lipinski definition) is 4. The highest BCUT2D eigenvalue weighted by Crippen LogP contribution is 2.40. The number of nitrogens with two attached hydrogens (primary N) is 1. The molecule has 1 saturated carbocycles. The average molecular weight is 796 g/mol. The van der Waals surface area contributed by atoms with E-state index in [0.717, 1.165) is 63.0 Å². The van der Waals surface area contributed by atoms with Gasteiger partial charge in [-0.3, -0.25) is 0 Å². The molecule has 4 aromatic rings. The SMILES string of the molecule is NC1([C@H]2CCCN(c3ccc(-n4cncn4)cc3)C2)CCCCC1Nc1ncc(-c2ccc(OC(F)(F)F)cc2)o1.O=C(O)C(F)(F)F.O=C(O)C(F)(F)F. The Labute approximate surface area is 305 Å². The summed E-state index contributed by atoms with van der Waals surface area (Å²) in [6.07, 6.45) is -4.10. The maximum atomic E-state index is 12.5. The molecule has 0 bridgehead atoms. The van der Waals surface area contributed by atoms with Crippen molar-refractivity contribution in [1.82, 2.24) is 19.7 Å². The molecule has 0 spiro atoms. The summed E-state index contributed by atoms with van der Waals surface area (Å²) in [5.74, 6) is -5.08. The summed E-state index contributed by atoms with van der Waals surface area (Å²) in [5.41, 5.74) is 9.53. The van der Waals surface area contributed by atoms with Crippen molar-refractivity contribution in [1.29, 1.82) is 0 Å². The van der Waals surface area contributed by atoms with Gasteiger partial charge in [0.05, 0.1) is 11.9 Å². The summed E-state index contributed by atoms with van der Waals surface area (Å²) >= 11 is 0. The summed E-state index contributed by atoms with van der Waals surface area (Å²) in [4.78, 5) is 28.6. The van der Waals surface area contributed by atoms with E-state index in [0.29, 0.717) is 17.3 Å². The molecule has 2 unspecified atom stereocenters. The van der Waals surface area contributed by atoms with E-state index in [1.54, 1.807) is 17.2 Å². The summed E-state index contributed by atoms with van der Waals surface area (Å²) in [6, 6.07) is 14.2. The van der Waals surface area contributed by atoms with Crippen LogP contribution in [0.2, 0.25) is 0 Å². The first kappa shape index (κ1) is 42.2. The third kappa shape index (κ3) is 12.0. The fraction of sp³-hybridized carbons (Fsp3) is 0.424. The molecular weight excluding hydrogens is 761 g/mol. The number of halogens is 9. The van der Waals surface area contributed by atoms with Crippen molar-refractivity contribution < 1.29 is 68.5 Å². The summed E-state index contributed by atoms with van der Waals surface area (Å²) in [7, 11) is 0. The van der Waals surface area contributed by atoms with Crippen molar-refractivity contribution in [3.63, 3.8) is 0 Å². The normalized spacial score (nSPS) is 20.3. The molecular formula is C33H34F9N7O6. The lowest BCUT2D eigenvalue weighted by molar-refractivity contribution is -0.274. The molecule has 13 nitrogen and oxygen atoms in total. The Hall–Kier alpha value is -5.54. The van der Waals surface area contributed by atoms with Gasteiger partial charge in [-0.15, -0.1) is 13.2 Å². The Morgan fingerprint density at radius 2 is 1.47 bits per heavy atom. The number of oxazole rings is 1. The van der Waals surface area contributed by atoms with Gasteiger partial charge in [-0.1, -0.05) is 12.8 Å². The van der Waals surface area contributed by atoms with Crippen LogP contribution in [0.1, 0.15) is 38.5 Å². The Morgan fingerprint density at radius 1 is 0.873 bits per heavy atom. The molecule has 2 aliphatic rings. The maximum Gasteiger partial charge on any atom is 0.573 e. The molecule has 0 radical (unpaired) electrons. The smallest absolute Gasteiger partial charge is 0.475 e. The summed E-state index contributed by atoms with van der Waals surface area (Å²) in [5, 5.41) is 21.9. The van der Waals surface area contributed by atoms with Crippen LogP contribution in [0, 0.1) is 5.92 Å². The second-order valence-electron chi connectivity index (χ2n) is 12.4. The number of carbonyl (C=O) groups is 2. The monoisotopic (exact) mass is 795 g/mol. The Balaban J connectivity index is 0.000000410. The van der Waals surface area contributed by atoms with E-state index in [2.05, 4.69) is 42.2 Å². The van der Waals surface area contributed by atoms with Crippen molar-refractivity contribution in [2.45, 2.75) is 68.8 Å². The van der Waals surface area contributed by atoms with E-state index in [1.165, 1.54) is 30.6 Å². The lowest BCUT2D eigenvalue weighted by Crippen LogP contribution is -2.63. The highest BCUT2D eigenvalue weighted by Gasteiger charge is 2.46. The minimum absolute atomic E-state index is 0.0232. The molecule has 55 heavy (non-hydrogen) atoms. The van der Waals surface area contributed by atoms with Crippen LogP contribution < -0.4 is 20.7 Å². The third-order valence-electron chi connectivity index (χ3n) is 8.74. The van der Waals surface area contributed by atoms with Crippen molar-refractivity contribution in [2.75, 3.05) is 23.3 Å². The average Bonchev–Trinajstić information content (AvgIpc) is 3.82. The number of anilines is 2. The minimum atomic E-state index is -5.08. The lowest BCUT2D eigenvalue weighted by atomic mass is 9.67. The molecule has 1 saturated heterocycles. The van der Waals surface area contributed by atoms with Gasteiger partial charge in [0, 0.05) is 35.9 Å². The van der Waals surface area contributed by atoms with Gasteiger partial charge in [0.1, 0.15) is 18.4 Å². The highest BCUT2D eigenvalue weighted by atomic mass is 19.4. The number of benzene rings is 2. The fourth-order valence-corrected chi connectivity index (χ4v) is 6.17. The number of piperidine rings is 1. The second kappa shape index (κ2) is 17.3. The summed E-state index contributed by atoms with van der Waals surface area (Å²) < 4.78 is 113.